The van der Waals surface area contributed by atoms with E-state index in [1.807, 2.05) is 18.2 Å². The maximum Gasteiger partial charge on any atom is 0.141 e. The lowest BCUT2D eigenvalue weighted by molar-refractivity contribution is 0.312. The first kappa shape index (κ1) is 15.5. The zero-order valence-electron chi connectivity index (χ0n) is 12.0. The van der Waals surface area contributed by atoms with Crippen LogP contribution in [0.5, 0.6) is 0 Å². The van der Waals surface area contributed by atoms with Gasteiger partial charge in [-0.15, -0.1) is 0 Å². The summed E-state index contributed by atoms with van der Waals surface area (Å²) in [5, 5.41) is 15.4. The van der Waals surface area contributed by atoms with E-state index < -0.39 is 0 Å². The molecular formula is C15H25N3O. The Morgan fingerprint density at radius 1 is 1.32 bits per heavy atom. The molecule has 3 unspecified atom stereocenters. The molecule has 0 radical (unpaired) electrons. The molecule has 4 heteroatoms. The Bertz CT molecular complexity index is 392. The van der Waals surface area contributed by atoms with E-state index in [1.165, 1.54) is 0 Å². The van der Waals surface area contributed by atoms with E-state index in [2.05, 4.69) is 43.4 Å². The third-order valence-corrected chi connectivity index (χ3v) is 3.71. The highest BCUT2D eigenvalue weighted by Crippen LogP contribution is 2.19. The fraction of sp³-hybridized carbons (Fsp3) is 0.533. The molecule has 1 aromatic carbocycles. The minimum atomic E-state index is 0.0705. The fourth-order valence-corrected chi connectivity index (χ4v) is 2.04. The second-order valence-corrected chi connectivity index (χ2v) is 5.10. The van der Waals surface area contributed by atoms with Gasteiger partial charge in [0, 0.05) is 18.5 Å². The van der Waals surface area contributed by atoms with Crippen molar-refractivity contribution in [2.24, 2.45) is 16.8 Å². The summed E-state index contributed by atoms with van der Waals surface area (Å²) in [6.45, 7) is 6.59. The normalized spacial score (nSPS) is 16.9. The van der Waals surface area contributed by atoms with Crippen LogP contribution in [0.15, 0.2) is 35.5 Å². The number of hydrogen-bond donors (Lipinski definition) is 3. The lowest BCUT2D eigenvalue weighted by Crippen LogP contribution is -2.37. The van der Waals surface area contributed by atoms with E-state index in [-0.39, 0.29) is 11.9 Å². The van der Waals surface area contributed by atoms with E-state index in [9.17, 15) is 0 Å². The second-order valence-electron chi connectivity index (χ2n) is 5.10. The second kappa shape index (κ2) is 7.79. The van der Waals surface area contributed by atoms with Crippen LogP contribution in [0.3, 0.4) is 0 Å². The van der Waals surface area contributed by atoms with Crippen LogP contribution in [-0.4, -0.2) is 17.1 Å². The molecule has 0 aliphatic carbocycles. The van der Waals surface area contributed by atoms with Gasteiger partial charge in [0.1, 0.15) is 5.84 Å². The zero-order chi connectivity index (χ0) is 14.3. The van der Waals surface area contributed by atoms with Crippen LogP contribution in [0.25, 0.3) is 0 Å². The van der Waals surface area contributed by atoms with Gasteiger partial charge in [0.05, 0.1) is 0 Å². The van der Waals surface area contributed by atoms with Gasteiger partial charge < -0.3 is 16.3 Å². The van der Waals surface area contributed by atoms with E-state index in [0.29, 0.717) is 18.4 Å². The number of nitrogens with two attached hydrogens (primary N) is 1. The van der Waals surface area contributed by atoms with Crippen molar-refractivity contribution in [2.75, 3.05) is 0 Å². The highest BCUT2D eigenvalue weighted by molar-refractivity contribution is 5.80. The molecule has 0 saturated carbocycles. The summed E-state index contributed by atoms with van der Waals surface area (Å²) in [7, 11) is 0. The predicted octanol–water partition coefficient (Wildman–Crippen LogP) is 2.89. The fourth-order valence-electron chi connectivity index (χ4n) is 2.04. The molecule has 0 saturated heterocycles. The standard InChI is InChI=1S/C15H25N3O/c1-4-11(2)12(3)17-14(10-15(16)18-19)13-8-6-5-7-9-13/h5-9,11-12,14,17,19H,4,10H2,1-3H3,(H2,16,18). The summed E-state index contributed by atoms with van der Waals surface area (Å²) < 4.78 is 0. The predicted molar refractivity (Wildman–Crippen MR) is 79.3 cm³/mol. The smallest absolute Gasteiger partial charge is 0.141 e. The molecule has 0 aliphatic rings. The molecule has 0 heterocycles. The summed E-state index contributed by atoms with van der Waals surface area (Å²) in [6.07, 6.45) is 1.63. The lowest BCUT2D eigenvalue weighted by Gasteiger charge is -2.27. The number of benzene rings is 1. The summed E-state index contributed by atoms with van der Waals surface area (Å²) in [5.41, 5.74) is 6.81. The third-order valence-electron chi connectivity index (χ3n) is 3.71. The molecule has 1 aromatic rings. The molecule has 106 valence electrons. The van der Waals surface area contributed by atoms with Gasteiger partial charge in [0.2, 0.25) is 0 Å². The number of oxime groups is 1. The minimum absolute atomic E-state index is 0.0705. The van der Waals surface area contributed by atoms with Crippen LogP contribution in [0, 0.1) is 5.92 Å². The van der Waals surface area contributed by atoms with Crippen molar-refractivity contribution in [3.63, 3.8) is 0 Å². The van der Waals surface area contributed by atoms with Gasteiger partial charge in [-0.1, -0.05) is 55.8 Å². The monoisotopic (exact) mass is 263 g/mol. The first-order valence-electron chi connectivity index (χ1n) is 6.85. The van der Waals surface area contributed by atoms with Crippen molar-refractivity contribution in [1.29, 1.82) is 0 Å². The van der Waals surface area contributed by atoms with Crippen molar-refractivity contribution in [3.05, 3.63) is 35.9 Å². The summed E-state index contributed by atoms with van der Waals surface area (Å²) >= 11 is 0. The molecule has 0 bridgehead atoms. The van der Waals surface area contributed by atoms with Crippen molar-refractivity contribution in [2.45, 2.75) is 45.7 Å². The molecule has 0 aromatic heterocycles. The van der Waals surface area contributed by atoms with Crippen LogP contribution in [0.1, 0.15) is 45.2 Å². The quantitative estimate of drug-likeness (QED) is 0.306. The van der Waals surface area contributed by atoms with Crippen molar-refractivity contribution in [3.8, 4) is 0 Å². The first-order chi connectivity index (χ1) is 9.08. The Balaban J connectivity index is 2.81. The Morgan fingerprint density at radius 2 is 1.95 bits per heavy atom. The third kappa shape index (κ3) is 4.91. The van der Waals surface area contributed by atoms with Crippen LogP contribution in [-0.2, 0) is 0 Å². The van der Waals surface area contributed by atoms with Crippen molar-refractivity contribution < 1.29 is 5.21 Å². The zero-order valence-corrected chi connectivity index (χ0v) is 12.0. The van der Waals surface area contributed by atoms with Crippen molar-refractivity contribution in [1.82, 2.24) is 5.32 Å². The average molecular weight is 263 g/mol. The van der Waals surface area contributed by atoms with Gasteiger partial charge in [-0.25, -0.2) is 0 Å². The number of nitrogens with one attached hydrogen (secondary N) is 1. The van der Waals surface area contributed by atoms with E-state index in [1.54, 1.807) is 0 Å². The van der Waals surface area contributed by atoms with Crippen molar-refractivity contribution >= 4 is 5.84 Å². The van der Waals surface area contributed by atoms with Crippen LogP contribution < -0.4 is 11.1 Å². The van der Waals surface area contributed by atoms with Gasteiger partial charge in [-0.3, -0.25) is 0 Å². The minimum Gasteiger partial charge on any atom is -0.409 e. The van der Waals surface area contributed by atoms with Crippen LogP contribution in [0.4, 0.5) is 0 Å². The summed E-state index contributed by atoms with van der Waals surface area (Å²) in [5.74, 6) is 0.830. The largest absolute Gasteiger partial charge is 0.409 e. The van der Waals surface area contributed by atoms with E-state index in [0.717, 1.165) is 12.0 Å². The van der Waals surface area contributed by atoms with Gasteiger partial charge in [-0.05, 0) is 18.4 Å². The van der Waals surface area contributed by atoms with Gasteiger partial charge in [-0.2, -0.15) is 0 Å². The topological polar surface area (TPSA) is 70.6 Å². The number of nitrogens with zero attached hydrogens (tertiary/aromatic N) is 1. The van der Waals surface area contributed by atoms with E-state index >= 15 is 0 Å². The lowest BCUT2D eigenvalue weighted by atomic mass is 9.96. The summed E-state index contributed by atoms with van der Waals surface area (Å²) in [4.78, 5) is 0. The Labute approximate surface area is 115 Å². The molecule has 0 fully saturated rings. The average Bonchev–Trinajstić information content (AvgIpc) is 2.46. The number of rotatable bonds is 7. The maximum atomic E-state index is 8.76. The summed E-state index contributed by atoms with van der Waals surface area (Å²) in [6, 6.07) is 10.6. The molecule has 4 nitrogen and oxygen atoms in total. The molecule has 0 spiro atoms. The molecule has 1 rings (SSSR count). The highest BCUT2D eigenvalue weighted by Gasteiger charge is 2.18. The Kier molecular flexibility index (Phi) is 6.36. The Morgan fingerprint density at radius 3 is 2.47 bits per heavy atom. The molecule has 19 heavy (non-hydrogen) atoms. The molecule has 3 atom stereocenters. The SMILES string of the molecule is CCC(C)C(C)NC(CC(N)=NO)c1ccccc1. The molecule has 4 N–H and O–H groups in total. The van der Waals surface area contributed by atoms with Gasteiger partial charge in [0.25, 0.3) is 0 Å². The highest BCUT2D eigenvalue weighted by atomic mass is 16.4. The van der Waals surface area contributed by atoms with Crippen LogP contribution in [0.2, 0.25) is 0 Å². The molecular weight excluding hydrogens is 238 g/mol. The number of amidine groups is 1. The molecule has 0 aliphatic heterocycles. The maximum absolute atomic E-state index is 8.76. The van der Waals surface area contributed by atoms with Gasteiger partial charge >= 0.3 is 0 Å². The first-order valence-corrected chi connectivity index (χ1v) is 6.85. The van der Waals surface area contributed by atoms with E-state index in [4.69, 9.17) is 10.9 Å². The van der Waals surface area contributed by atoms with Crippen LogP contribution >= 0.6 is 0 Å². The van der Waals surface area contributed by atoms with Gasteiger partial charge in [0.15, 0.2) is 0 Å². The molecule has 0 amide bonds. The Hall–Kier alpha value is -1.55. The number of hydrogen-bond acceptors (Lipinski definition) is 3.